The first-order valence-electron chi connectivity index (χ1n) is 9.45. The molecule has 2 rings (SSSR count). The highest BCUT2D eigenvalue weighted by Gasteiger charge is 2.41. The van der Waals surface area contributed by atoms with Crippen LogP contribution in [-0.4, -0.2) is 126 Å². The van der Waals surface area contributed by atoms with E-state index in [2.05, 4.69) is 0 Å². The topological polar surface area (TPSA) is 202 Å². The number of aliphatic carboxylic acids is 2. The predicted molar refractivity (Wildman–Crippen MR) is 99.9 cm³/mol. The summed E-state index contributed by atoms with van der Waals surface area (Å²) in [6.45, 7) is -0.815. The van der Waals surface area contributed by atoms with E-state index in [-0.39, 0.29) is 50.2 Å². The Morgan fingerprint density at radius 1 is 1.07 bits per heavy atom. The quantitative estimate of drug-likeness (QED) is 0.169. The molecule has 2 aliphatic heterocycles. The maximum atomic E-state index is 11.0. The number of hydrogen-bond donors (Lipinski definition) is 8. The highest BCUT2D eigenvalue weighted by atomic mass is 16.4. The molecule has 0 fully saturated rings. The van der Waals surface area contributed by atoms with Gasteiger partial charge in [0.15, 0.2) is 0 Å². The molecule has 0 aromatic heterocycles. The van der Waals surface area contributed by atoms with E-state index in [0.717, 1.165) is 0 Å². The molecule has 0 saturated heterocycles. The molecule has 0 aromatic carbocycles. The van der Waals surface area contributed by atoms with Gasteiger partial charge in [-0.25, -0.2) is 0 Å². The van der Waals surface area contributed by atoms with Crippen LogP contribution in [-0.2, 0) is 9.59 Å². The zero-order valence-corrected chi connectivity index (χ0v) is 16.2. The molecule has 0 amide bonds. The van der Waals surface area contributed by atoms with Crippen molar-refractivity contribution in [3.05, 3.63) is 23.0 Å². The van der Waals surface area contributed by atoms with Crippen molar-refractivity contribution in [2.45, 2.75) is 43.4 Å². The molecular weight excluding hydrogens is 404 g/mol. The van der Waals surface area contributed by atoms with Gasteiger partial charge in [-0.05, 0) is 0 Å². The summed E-state index contributed by atoms with van der Waals surface area (Å²) >= 11 is 0. The average Bonchev–Trinajstić information content (AvgIpc) is 2.71. The van der Waals surface area contributed by atoms with Crippen LogP contribution in [0.1, 0.15) is 12.8 Å². The SMILES string of the molecule is O=C(O)CCN1C=C([C@H](O)[C@H](O)[C@H](O)CO)C2=C(C1)N(CCC(=O)O)C[C@@H](O)[C@H]2O. The second kappa shape index (κ2) is 10.2. The van der Waals surface area contributed by atoms with Crippen molar-refractivity contribution in [1.82, 2.24) is 9.80 Å². The number of aliphatic hydroxyl groups excluding tert-OH is 6. The third-order valence-corrected chi connectivity index (χ3v) is 5.18. The van der Waals surface area contributed by atoms with Crippen molar-refractivity contribution in [2.24, 2.45) is 0 Å². The van der Waals surface area contributed by atoms with Gasteiger partial charge in [-0.1, -0.05) is 0 Å². The fraction of sp³-hybridized carbons (Fsp3) is 0.667. The maximum Gasteiger partial charge on any atom is 0.305 e. The predicted octanol–water partition coefficient (Wildman–Crippen LogP) is -3.50. The first kappa shape index (κ1) is 24.1. The standard InChI is InChI=1S/C18H28N2O10/c21-8-12(23)18(30)16(28)9-5-19(3-1-13(24)25)6-10-15(9)17(29)11(22)7-20(10)4-2-14(26)27/h5,11-12,16-18,21-23,28-30H,1-4,6-8H2,(H,24,25)(H,26,27)/t11-,12-,16+,17-,18-/m1/s1. The van der Waals surface area contributed by atoms with Crippen molar-refractivity contribution >= 4 is 11.9 Å². The monoisotopic (exact) mass is 432 g/mol. The van der Waals surface area contributed by atoms with Gasteiger partial charge in [0, 0.05) is 42.7 Å². The summed E-state index contributed by atoms with van der Waals surface area (Å²) < 4.78 is 0. The average molecular weight is 432 g/mol. The summed E-state index contributed by atoms with van der Waals surface area (Å²) in [5, 5.41) is 78.3. The number of carboxylic acid groups (broad SMARTS) is 2. The third kappa shape index (κ3) is 5.47. The summed E-state index contributed by atoms with van der Waals surface area (Å²) in [4.78, 5) is 25.0. The molecule has 170 valence electrons. The van der Waals surface area contributed by atoms with Crippen molar-refractivity contribution < 1.29 is 50.4 Å². The van der Waals surface area contributed by atoms with Crippen LogP contribution in [0.2, 0.25) is 0 Å². The van der Waals surface area contributed by atoms with Gasteiger partial charge in [0.25, 0.3) is 0 Å². The molecule has 0 saturated carbocycles. The second-order valence-electron chi connectivity index (χ2n) is 7.35. The van der Waals surface area contributed by atoms with Gasteiger partial charge in [-0.3, -0.25) is 9.59 Å². The molecule has 12 nitrogen and oxygen atoms in total. The number of carbonyl (C=O) groups is 2. The van der Waals surface area contributed by atoms with Gasteiger partial charge in [0.1, 0.15) is 30.5 Å². The van der Waals surface area contributed by atoms with Gasteiger partial charge in [0.2, 0.25) is 0 Å². The minimum atomic E-state index is -1.83. The Labute approximate surface area is 172 Å². The van der Waals surface area contributed by atoms with Crippen LogP contribution in [0.3, 0.4) is 0 Å². The fourth-order valence-corrected chi connectivity index (χ4v) is 3.57. The van der Waals surface area contributed by atoms with Crippen molar-refractivity contribution in [2.75, 3.05) is 32.8 Å². The Balaban J connectivity index is 2.46. The summed E-state index contributed by atoms with van der Waals surface area (Å²) in [6.07, 6.45) is -7.23. The van der Waals surface area contributed by atoms with E-state index in [1.165, 1.54) is 16.0 Å². The number of aliphatic hydroxyl groups is 6. The maximum absolute atomic E-state index is 11.0. The van der Waals surface area contributed by atoms with E-state index >= 15 is 0 Å². The number of nitrogens with zero attached hydrogens (tertiary/aromatic N) is 2. The Morgan fingerprint density at radius 2 is 1.67 bits per heavy atom. The lowest BCUT2D eigenvalue weighted by molar-refractivity contribution is -0.138. The van der Waals surface area contributed by atoms with Crippen LogP contribution in [0.4, 0.5) is 0 Å². The minimum absolute atomic E-state index is 0.00406. The molecule has 8 N–H and O–H groups in total. The summed E-state index contributed by atoms with van der Waals surface area (Å²) in [7, 11) is 0. The molecule has 12 heteroatoms. The van der Waals surface area contributed by atoms with Gasteiger partial charge in [0.05, 0.1) is 26.0 Å². The van der Waals surface area contributed by atoms with Crippen LogP contribution in [0.25, 0.3) is 0 Å². The molecule has 2 aliphatic rings. The molecule has 0 bridgehead atoms. The molecular formula is C18H28N2O10. The molecule has 0 unspecified atom stereocenters. The number of β-amino-alcohol motifs (C(OH)–C–C–N with tert-alkyl or cyclic N) is 1. The second-order valence-corrected chi connectivity index (χ2v) is 7.35. The molecule has 0 spiro atoms. The van der Waals surface area contributed by atoms with Crippen molar-refractivity contribution in [3.8, 4) is 0 Å². The highest BCUT2D eigenvalue weighted by molar-refractivity contribution is 5.67. The van der Waals surface area contributed by atoms with Gasteiger partial charge in [-0.2, -0.15) is 0 Å². The molecule has 0 radical (unpaired) electrons. The van der Waals surface area contributed by atoms with E-state index in [9.17, 15) is 35.1 Å². The first-order valence-corrected chi connectivity index (χ1v) is 9.45. The van der Waals surface area contributed by atoms with Crippen LogP contribution in [0.5, 0.6) is 0 Å². The Hall–Kier alpha value is -2.22. The normalized spacial score (nSPS) is 24.8. The number of carboxylic acids is 2. The lowest BCUT2D eigenvalue weighted by atomic mass is 9.84. The molecule has 5 atom stereocenters. The summed E-state index contributed by atoms with van der Waals surface area (Å²) in [6, 6.07) is 0. The van der Waals surface area contributed by atoms with E-state index in [0.29, 0.717) is 5.70 Å². The molecule has 0 aromatic rings. The van der Waals surface area contributed by atoms with E-state index < -0.39 is 49.1 Å². The summed E-state index contributed by atoms with van der Waals surface area (Å²) in [5.41, 5.74) is 0.386. The Bertz CT molecular complexity index is 709. The van der Waals surface area contributed by atoms with Crippen LogP contribution in [0, 0.1) is 0 Å². The summed E-state index contributed by atoms with van der Waals surface area (Å²) in [5.74, 6) is -2.14. The van der Waals surface area contributed by atoms with Crippen LogP contribution in [0.15, 0.2) is 23.0 Å². The zero-order valence-electron chi connectivity index (χ0n) is 16.2. The fourth-order valence-electron chi connectivity index (χ4n) is 3.57. The van der Waals surface area contributed by atoms with Gasteiger partial charge < -0.3 is 50.7 Å². The van der Waals surface area contributed by atoms with Crippen LogP contribution < -0.4 is 0 Å². The smallest absolute Gasteiger partial charge is 0.305 e. The lowest BCUT2D eigenvalue weighted by Gasteiger charge is -2.45. The number of rotatable bonds is 10. The van der Waals surface area contributed by atoms with Crippen molar-refractivity contribution in [1.29, 1.82) is 0 Å². The largest absolute Gasteiger partial charge is 0.481 e. The molecule has 30 heavy (non-hydrogen) atoms. The zero-order chi connectivity index (χ0) is 22.6. The first-order chi connectivity index (χ1) is 14.1. The van der Waals surface area contributed by atoms with Crippen LogP contribution >= 0.6 is 0 Å². The van der Waals surface area contributed by atoms with Gasteiger partial charge in [-0.15, -0.1) is 0 Å². The van der Waals surface area contributed by atoms with Gasteiger partial charge >= 0.3 is 11.9 Å². The lowest BCUT2D eigenvalue weighted by Crippen LogP contribution is -2.52. The number of hydrogen-bond acceptors (Lipinski definition) is 10. The minimum Gasteiger partial charge on any atom is -0.481 e. The highest BCUT2D eigenvalue weighted by Crippen LogP contribution is 2.35. The molecule has 2 heterocycles. The van der Waals surface area contributed by atoms with E-state index in [1.54, 1.807) is 0 Å². The van der Waals surface area contributed by atoms with Crippen molar-refractivity contribution in [3.63, 3.8) is 0 Å². The molecule has 0 aliphatic carbocycles. The Morgan fingerprint density at radius 3 is 2.23 bits per heavy atom. The van der Waals surface area contributed by atoms with E-state index in [4.69, 9.17) is 15.3 Å². The Kier molecular flexibility index (Phi) is 8.18. The third-order valence-electron chi connectivity index (χ3n) is 5.18. The van der Waals surface area contributed by atoms with E-state index in [1.807, 2.05) is 0 Å².